The van der Waals surface area contributed by atoms with Gasteiger partial charge in [-0.25, -0.2) is 4.39 Å². The molecular weight excluding hydrogens is 413 g/mol. The molecule has 1 fully saturated rings. The highest BCUT2D eigenvalue weighted by molar-refractivity contribution is 5.89. The number of aliphatic carboxylic acids is 1. The van der Waals surface area contributed by atoms with Crippen LogP contribution < -0.4 is 0 Å². The zero-order chi connectivity index (χ0) is 23.3. The Bertz CT molecular complexity index is 726. The highest BCUT2D eigenvalue weighted by Gasteiger charge is 2.39. The highest BCUT2D eigenvalue weighted by atomic mass is 19.1. The average Bonchev–Trinajstić information content (AvgIpc) is 3.04. The van der Waals surface area contributed by atoms with Gasteiger partial charge in [0.2, 0.25) is 0 Å². The fourth-order valence-corrected chi connectivity index (χ4v) is 4.78. The van der Waals surface area contributed by atoms with Crippen molar-refractivity contribution >= 4 is 11.7 Å². The Balaban J connectivity index is 1.78. The van der Waals surface area contributed by atoms with Crippen molar-refractivity contribution in [2.24, 2.45) is 17.0 Å². The van der Waals surface area contributed by atoms with E-state index in [2.05, 4.69) is 5.16 Å². The van der Waals surface area contributed by atoms with Crippen molar-refractivity contribution in [2.75, 3.05) is 7.11 Å². The Morgan fingerprint density at radius 1 is 1.16 bits per heavy atom. The number of aryl methyl sites for hydroxylation is 1. The summed E-state index contributed by atoms with van der Waals surface area (Å²) in [7, 11) is 1.50. The van der Waals surface area contributed by atoms with Crippen LogP contribution in [0.5, 0.6) is 0 Å². The third kappa shape index (κ3) is 8.87. The number of aliphatic hydroxyl groups is 2. The lowest BCUT2D eigenvalue weighted by atomic mass is 9.84. The maximum Gasteiger partial charge on any atom is 0.303 e. The number of carbonyl (C=O) groups is 1. The molecule has 0 saturated heterocycles. The number of nitrogens with zero attached hydrogens (tertiary/aromatic N) is 1. The first-order valence-electron chi connectivity index (χ1n) is 11.8. The van der Waals surface area contributed by atoms with Gasteiger partial charge in [0.15, 0.2) is 0 Å². The van der Waals surface area contributed by atoms with Crippen LogP contribution in [0.15, 0.2) is 29.4 Å². The number of aliphatic hydroxyl groups excluding tert-OH is 2. The SMILES string of the molecule is CO/N=C1/C[C@H](O)[C@H](CCCCCCC(=O)O)[C@H]1CC[C@@H](O)CCCc1ccccc1F. The first-order valence-corrected chi connectivity index (χ1v) is 11.8. The summed E-state index contributed by atoms with van der Waals surface area (Å²) in [5.41, 5.74) is 1.53. The number of carboxylic acid groups (broad SMARTS) is 1. The van der Waals surface area contributed by atoms with Crippen LogP contribution in [-0.2, 0) is 16.1 Å². The zero-order valence-electron chi connectivity index (χ0n) is 19.1. The number of carboxylic acids is 1. The van der Waals surface area contributed by atoms with Crippen LogP contribution >= 0.6 is 0 Å². The van der Waals surface area contributed by atoms with E-state index in [1.165, 1.54) is 13.2 Å². The molecule has 0 aliphatic heterocycles. The van der Waals surface area contributed by atoms with Crippen LogP contribution in [0.25, 0.3) is 0 Å². The molecule has 180 valence electrons. The van der Waals surface area contributed by atoms with Crippen molar-refractivity contribution in [3.8, 4) is 0 Å². The molecule has 0 amide bonds. The van der Waals surface area contributed by atoms with Crippen LogP contribution in [-0.4, -0.2) is 46.3 Å². The van der Waals surface area contributed by atoms with Crippen molar-refractivity contribution in [3.05, 3.63) is 35.6 Å². The molecule has 32 heavy (non-hydrogen) atoms. The number of benzene rings is 1. The summed E-state index contributed by atoms with van der Waals surface area (Å²) in [5, 5.41) is 33.9. The molecule has 2 rings (SSSR count). The van der Waals surface area contributed by atoms with Gasteiger partial charge in [0.1, 0.15) is 12.9 Å². The topological polar surface area (TPSA) is 99.4 Å². The molecule has 0 radical (unpaired) electrons. The second-order valence-corrected chi connectivity index (χ2v) is 8.87. The molecule has 0 unspecified atom stereocenters. The van der Waals surface area contributed by atoms with E-state index in [0.717, 1.165) is 37.8 Å². The van der Waals surface area contributed by atoms with E-state index >= 15 is 0 Å². The van der Waals surface area contributed by atoms with E-state index in [0.29, 0.717) is 44.1 Å². The number of rotatable bonds is 15. The van der Waals surface area contributed by atoms with Gasteiger partial charge in [0, 0.05) is 18.8 Å². The van der Waals surface area contributed by atoms with E-state index in [1.54, 1.807) is 12.1 Å². The molecule has 0 heterocycles. The van der Waals surface area contributed by atoms with E-state index in [4.69, 9.17) is 9.94 Å². The van der Waals surface area contributed by atoms with Crippen molar-refractivity contribution < 1.29 is 29.3 Å². The Morgan fingerprint density at radius 2 is 1.91 bits per heavy atom. The van der Waals surface area contributed by atoms with Crippen LogP contribution in [0, 0.1) is 17.7 Å². The lowest BCUT2D eigenvalue weighted by Gasteiger charge is -2.23. The Kier molecular flexibility index (Phi) is 11.7. The van der Waals surface area contributed by atoms with Crippen LogP contribution in [0.4, 0.5) is 4.39 Å². The molecule has 1 aliphatic rings. The predicted molar refractivity (Wildman–Crippen MR) is 122 cm³/mol. The summed E-state index contributed by atoms with van der Waals surface area (Å²) in [6.07, 6.45) is 7.30. The molecule has 1 aromatic carbocycles. The van der Waals surface area contributed by atoms with Gasteiger partial charge in [0.05, 0.1) is 17.9 Å². The van der Waals surface area contributed by atoms with Crippen LogP contribution in [0.1, 0.15) is 76.2 Å². The van der Waals surface area contributed by atoms with Crippen molar-refractivity contribution in [3.63, 3.8) is 0 Å². The monoisotopic (exact) mass is 451 g/mol. The largest absolute Gasteiger partial charge is 0.481 e. The van der Waals surface area contributed by atoms with Crippen molar-refractivity contribution in [2.45, 2.75) is 89.3 Å². The maximum atomic E-state index is 13.7. The van der Waals surface area contributed by atoms with E-state index in [9.17, 15) is 19.4 Å². The van der Waals surface area contributed by atoms with Crippen molar-refractivity contribution in [1.82, 2.24) is 0 Å². The third-order valence-corrected chi connectivity index (χ3v) is 6.50. The van der Waals surface area contributed by atoms with Gasteiger partial charge >= 0.3 is 5.97 Å². The number of halogens is 1. The number of unbranched alkanes of at least 4 members (excludes halogenated alkanes) is 3. The molecule has 1 aromatic rings. The Hall–Kier alpha value is -1.99. The minimum absolute atomic E-state index is 0.0742. The summed E-state index contributed by atoms with van der Waals surface area (Å²) in [6, 6.07) is 6.74. The van der Waals surface area contributed by atoms with E-state index in [-0.39, 0.29) is 24.1 Å². The highest BCUT2D eigenvalue weighted by Crippen LogP contribution is 2.37. The normalized spacial score (nSPS) is 22.9. The molecule has 3 N–H and O–H groups in total. The Labute approximate surface area is 190 Å². The van der Waals surface area contributed by atoms with Crippen molar-refractivity contribution in [1.29, 1.82) is 0 Å². The summed E-state index contributed by atoms with van der Waals surface area (Å²) in [6.45, 7) is 0. The lowest BCUT2D eigenvalue weighted by Crippen LogP contribution is -2.22. The molecule has 6 nitrogen and oxygen atoms in total. The molecule has 7 heteroatoms. The van der Waals surface area contributed by atoms with Gasteiger partial charge in [-0.15, -0.1) is 0 Å². The quantitative estimate of drug-likeness (QED) is 0.265. The number of oxime groups is 1. The first-order chi connectivity index (χ1) is 15.4. The lowest BCUT2D eigenvalue weighted by molar-refractivity contribution is -0.137. The molecule has 1 saturated carbocycles. The fourth-order valence-electron chi connectivity index (χ4n) is 4.78. The summed E-state index contributed by atoms with van der Waals surface area (Å²) in [4.78, 5) is 15.6. The maximum absolute atomic E-state index is 13.7. The fraction of sp³-hybridized carbons (Fsp3) is 0.680. The van der Waals surface area contributed by atoms with Gasteiger partial charge < -0.3 is 20.2 Å². The van der Waals surface area contributed by atoms with Crippen LogP contribution in [0.3, 0.4) is 0 Å². The minimum Gasteiger partial charge on any atom is -0.481 e. The average molecular weight is 452 g/mol. The van der Waals surface area contributed by atoms with E-state index < -0.39 is 18.2 Å². The molecule has 0 spiro atoms. The van der Waals surface area contributed by atoms with E-state index in [1.807, 2.05) is 6.07 Å². The molecule has 4 atom stereocenters. The molecule has 0 aromatic heterocycles. The number of hydrogen-bond acceptors (Lipinski definition) is 5. The predicted octanol–water partition coefficient (Wildman–Crippen LogP) is 4.71. The smallest absolute Gasteiger partial charge is 0.303 e. The standard InChI is InChI=1S/C25H38FNO5/c1-32-27-23-17-24(29)21(12-4-2-3-5-14-25(30)31)20(23)16-15-19(28)11-8-10-18-9-6-7-13-22(18)26/h6-7,9,13,19-21,24,28-29H,2-5,8,10-12,14-17H2,1H3,(H,30,31)/b27-23-/t19-,20+,21+,24-/m0/s1. The summed E-state index contributed by atoms with van der Waals surface area (Å²) < 4.78 is 13.7. The Morgan fingerprint density at radius 3 is 2.62 bits per heavy atom. The molecule has 1 aliphatic carbocycles. The van der Waals surface area contributed by atoms with Crippen LogP contribution in [0.2, 0.25) is 0 Å². The van der Waals surface area contributed by atoms with Gasteiger partial charge in [-0.05, 0) is 62.5 Å². The third-order valence-electron chi connectivity index (χ3n) is 6.50. The summed E-state index contributed by atoms with van der Waals surface area (Å²) in [5.74, 6) is -0.809. The molecule has 0 bridgehead atoms. The zero-order valence-corrected chi connectivity index (χ0v) is 19.1. The van der Waals surface area contributed by atoms with Gasteiger partial charge in [-0.3, -0.25) is 4.79 Å². The second kappa shape index (κ2) is 14.2. The van der Waals surface area contributed by atoms with Gasteiger partial charge in [0.25, 0.3) is 0 Å². The second-order valence-electron chi connectivity index (χ2n) is 8.87. The van der Waals surface area contributed by atoms with Gasteiger partial charge in [-0.2, -0.15) is 0 Å². The molecular formula is C25H38FNO5. The number of hydrogen-bond donors (Lipinski definition) is 3. The first kappa shape index (κ1) is 26.3. The van der Waals surface area contributed by atoms with Gasteiger partial charge in [-0.1, -0.05) is 42.6 Å². The minimum atomic E-state index is -0.760. The summed E-state index contributed by atoms with van der Waals surface area (Å²) >= 11 is 0.